The van der Waals surface area contributed by atoms with Crippen molar-refractivity contribution in [2.45, 2.75) is 19.5 Å². The van der Waals surface area contributed by atoms with Gasteiger partial charge in [0.1, 0.15) is 11.0 Å². The molecule has 0 aliphatic carbocycles. The lowest BCUT2D eigenvalue weighted by molar-refractivity contribution is 0.720. The summed E-state index contributed by atoms with van der Waals surface area (Å²) in [6, 6.07) is 14.1. The van der Waals surface area contributed by atoms with Crippen LogP contribution in [0, 0.1) is 0 Å². The Hall–Kier alpha value is -2.77. The first-order valence-electron chi connectivity index (χ1n) is 8.97. The largest absolute Gasteiger partial charge is 0.358 e. The summed E-state index contributed by atoms with van der Waals surface area (Å²) >= 11 is 11.6. The van der Waals surface area contributed by atoms with Gasteiger partial charge in [0.05, 0.1) is 0 Å². The number of halogens is 1. The molecule has 8 heteroatoms. The molecule has 0 saturated carbocycles. The molecule has 3 aromatic rings. The minimum Gasteiger partial charge on any atom is -0.358 e. The third-order valence-corrected chi connectivity index (χ3v) is 4.98. The molecule has 0 saturated heterocycles. The van der Waals surface area contributed by atoms with Crippen molar-refractivity contribution in [2.75, 3.05) is 16.8 Å². The van der Waals surface area contributed by atoms with Crippen molar-refractivity contribution in [2.24, 2.45) is 0 Å². The SMILES string of the molecule is S=C(NCc1cccnc1)Nc1nc(Cl)cc(N2CCc3ccccc3C2)n1. The van der Waals surface area contributed by atoms with E-state index in [0.717, 1.165) is 30.9 Å². The summed E-state index contributed by atoms with van der Waals surface area (Å²) < 4.78 is 0. The van der Waals surface area contributed by atoms with E-state index in [4.69, 9.17) is 23.8 Å². The first-order valence-corrected chi connectivity index (χ1v) is 9.76. The number of benzene rings is 1. The molecule has 0 radical (unpaired) electrons. The highest BCUT2D eigenvalue weighted by Gasteiger charge is 2.18. The number of anilines is 2. The molecule has 3 heterocycles. The summed E-state index contributed by atoms with van der Waals surface area (Å²) in [6.45, 7) is 2.25. The van der Waals surface area contributed by atoms with Crippen molar-refractivity contribution in [1.82, 2.24) is 20.3 Å². The van der Waals surface area contributed by atoms with E-state index in [2.05, 4.69) is 54.8 Å². The van der Waals surface area contributed by atoms with E-state index >= 15 is 0 Å². The molecule has 2 N–H and O–H groups in total. The molecule has 1 aliphatic rings. The summed E-state index contributed by atoms with van der Waals surface area (Å²) in [6.07, 6.45) is 4.50. The fourth-order valence-corrected chi connectivity index (χ4v) is 3.49. The van der Waals surface area contributed by atoms with E-state index in [1.807, 2.05) is 12.1 Å². The van der Waals surface area contributed by atoms with Crippen molar-refractivity contribution >= 4 is 40.7 Å². The maximum atomic E-state index is 6.24. The fourth-order valence-electron chi connectivity index (χ4n) is 3.15. The molecule has 0 amide bonds. The van der Waals surface area contributed by atoms with Crippen molar-refractivity contribution in [3.8, 4) is 0 Å². The van der Waals surface area contributed by atoms with Crippen LogP contribution in [0.25, 0.3) is 0 Å². The maximum absolute atomic E-state index is 6.24. The highest BCUT2D eigenvalue weighted by Crippen LogP contribution is 2.25. The number of hydrogen-bond acceptors (Lipinski definition) is 5. The molecule has 28 heavy (non-hydrogen) atoms. The minimum atomic E-state index is 0.376. The molecule has 1 aromatic carbocycles. The van der Waals surface area contributed by atoms with Crippen LogP contribution in [0.1, 0.15) is 16.7 Å². The second kappa shape index (κ2) is 8.50. The van der Waals surface area contributed by atoms with Crippen LogP contribution in [0.3, 0.4) is 0 Å². The number of nitrogens with zero attached hydrogens (tertiary/aromatic N) is 4. The average Bonchev–Trinajstić information content (AvgIpc) is 2.72. The number of pyridine rings is 1. The zero-order valence-corrected chi connectivity index (χ0v) is 16.7. The van der Waals surface area contributed by atoms with Gasteiger partial charge in [-0.3, -0.25) is 4.98 Å². The van der Waals surface area contributed by atoms with E-state index in [1.165, 1.54) is 11.1 Å². The number of rotatable bonds is 4. The first kappa shape index (κ1) is 18.6. The fraction of sp³-hybridized carbons (Fsp3) is 0.200. The highest BCUT2D eigenvalue weighted by atomic mass is 35.5. The number of nitrogens with one attached hydrogen (secondary N) is 2. The molecule has 142 valence electrons. The van der Waals surface area contributed by atoms with Gasteiger partial charge >= 0.3 is 0 Å². The predicted molar refractivity (Wildman–Crippen MR) is 116 cm³/mol. The van der Waals surface area contributed by atoms with Gasteiger partial charge in [0.15, 0.2) is 5.11 Å². The summed E-state index contributed by atoms with van der Waals surface area (Å²) in [7, 11) is 0. The Kier molecular flexibility index (Phi) is 5.64. The molecular formula is C20H19ClN6S. The number of hydrogen-bond donors (Lipinski definition) is 2. The quantitative estimate of drug-likeness (QED) is 0.503. The van der Waals surface area contributed by atoms with Crippen LogP contribution in [-0.2, 0) is 19.5 Å². The highest BCUT2D eigenvalue weighted by molar-refractivity contribution is 7.80. The number of thiocarbonyl (C=S) groups is 1. The minimum absolute atomic E-state index is 0.376. The molecule has 0 fully saturated rings. The third kappa shape index (κ3) is 4.55. The lowest BCUT2D eigenvalue weighted by Crippen LogP contribution is -2.32. The van der Waals surface area contributed by atoms with Gasteiger partial charge in [-0.2, -0.15) is 4.98 Å². The van der Waals surface area contributed by atoms with Crippen LogP contribution in [0.5, 0.6) is 0 Å². The van der Waals surface area contributed by atoms with E-state index < -0.39 is 0 Å². The molecular weight excluding hydrogens is 392 g/mol. The Morgan fingerprint density at radius 1 is 1.14 bits per heavy atom. The Labute approximate surface area is 174 Å². The van der Waals surface area contributed by atoms with Gasteiger partial charge in [0, 0.05) is 38.1 Å². The van der Waals surface area contributed by atoms with Gasteiger partial charge in [-0.05, 0) is 41.4 Å². The summed E-state index contributed by atoms with van der Waals surface area (Å²) in [4.78, 5) is 15.1. The Morgan fingerprint density at radius 3 is 2.82 bits per heavy atom. The lowest BCUT2D eigenvalue weighted by Gasteiger charge is -2.30. The van der Waals surface area contributed by atoms with Crippen LogP contribution in [0.15, 0.2) is 54.9 Å². The molecule has 0 atom stereocenters. The van der Waals surface area contributed by atoms with Crippen molar-refractivity contribution < 1.29 is 0 Å². The van der Waals surface area contributed by atoms with Gasteiger partial charge in [0.25, 0.3) is 0 Å². The van der Waals surface area contributed by atoms with Gasteiger partial charge in [-0.25, -0.2) is 4.98 Å². The smallest absolute Gasteiger partial charge is 0.232 e. The van der Waals surface area contributed by atoms with Crippen LogP contribution in [0.4, 0.5) is 11.8 Å². The van der Waals surface area contributed by atoms with Crippen LogP contribution in [0.2, 0.25) is 5.15 Å². The zero-order valence-electron chi connectivity index (χ0n) is 15.1. The van der Waals surface area contributed by atoms with Gasteiger partial charge in [-0.1, -0.05) is 41.9 Å². The van der Waals surface area contributed by atoms with Crippen LogP contribution < -0.4 is 15.5 Å². The second-order valence-electron chi connectivity index (χ2n) is 6.48. The van der Waals surface area contributed by atoms with E-state index in [0.29, 0.717) is 22.8 Å². The predicted octanol–water partition coefficient (Wildman–Crippen LogP) is 3.57. The number of aromatic nitrogens is 3. The molecule has 2 aromatic heterocycles. The summed E-state index contributed by atoms with van der Waals surface area (Å²) in [5.74, 6) is 1.16. The van der Waals surface area contributed by atoms with Gasteiger partial charge in [-0.15, -0.1) is 0 Å². The monoisotopic (exact) mass is 410 g/mol. The van der Waals surface area contributed by atoms with Gasteiger partial charge in [0.2, 0.25) is 5.95 Å². The Bertz CT molecular complexity index is 981. The van der Waals surface area contributed by atoms with Crippen LogP contribution >= 0.6 is 23.8 Å². The molecule has 4 rings (SSSR count). The molecule has 1 aliphatic heterocycles. The lowest BCUT2D eigenvalue weighted by atomic mass is 10.00. The van der Waals surface area contributed by atoms with Crippen molar-refractivity contribution in [3.05, 3.63) is 76.7 Å². The van der Waals surface area contributed by atoms with E-state index in [-0.39, 0.29) is 0 Å². The van der Waals surface area contributed by atoms with E-state index in [1.54, 1.807) is 18.5 Å². The Morgan fingerprint density at radius 2 is 2.00 bits per heavy atom. The molecule has 0 spiro atoms. The Balaban J connectivity index is 1.43. The average molecular weight is 411 g/mol. The normalized spacial score (nSPS) is 13.0. The molecule has 0 bridgehead atoms. The molecule has 0 unspecified atom stereocenters. The zero-order chi connectivity index (χ0) is 19.3. The van der Waals surface area contributed by atoms with Gasteiger partial charge < -0.3 is 15.5 Å². The first-order chi connectivity index (χ1) is 13.7. The summed E-state index contributed by atoms with van der Waals surface area (Å²) in [5.41, 5.74) is 3.73. The number of fused-ring (bicyclic) bond motifs is 1. The molecule has 6 nitrogen and oxygen atoms in total. The van der Waals surface area contributed by atoms with Crippen molar-refractivity contribution in [3.63, 3.8) is 0 Å². The summed E-state index contributed by atoms with van der Waals surface area (Å²) in [5, 5.41) is 6.95. The third-order valence-electron chi connectivity index (χ3n) is 4.54. The maximum Gasteiger partial charge on any atom is 0.232 e. The topological polar surface area (TPSA) is 66.0 Å². The standard InChI is InChI=1S/C20H19ClN6S/c21-17-10-18(27-9-7-15-5-1-2-6-16(15)13-27)25-19(24-17)26-20(28)23-12-14-4-3-8-22-11-14/h1-6,8,10-11H,7,9,12-13H2,(H2,23,24,25,26,28). The van der Waals surface area contributed by atoms with Crippen LogP contribution in [-0.4, -0.2) is 26.6 Å². The van der Waals surface area contributed by atoms with E-state index in [9.17, 15) is 0 Å². The second-order valence-corrected chi connectivity index (χ2v) is 7.28. The van der Waals surface area contributed by atoms with Crippen molar-refractivity contribution in [1.29, 1.82) is 0 Å².